The molecular formula is C25H32FN3O4S. The number of hydrogen-bond donors (Lipinski definition) is 0. The summed E-state index contributed by atoms with van der Waals surface area (Å²) in [5, 5.41) is 0. The zero-order valence-electron chi connectivity index (χ0n) is 19.6. The van der Waals surface area contributed by atoms with Crippen LogP contribution in [-0.2, 0) is 27.7 Å². The Morgan fingerprint density at radius 3 is 2.41 bits per heavy atom. The van der Waals surface area contributed by atoms with E-state index in [1.807, 2.05) is 6.92 Å². The van der Waals surface area contributed by atoms with E-state index in [-0.39, 0.29) is 16.6 Å². The number of carbonyl (C=O) groups is 1. The normalized spacial score (nSPS) is 18.6. The number of morpholine rings is 1. The van der Waals surface area contributed by atoms with Crippen LogP contribution in [0.5, 0.6) is 0 Å². The van der Waals surface area contributed by atoms with Gasteiger partial charge in [-0.2, -0.15) is 4.31 Å². The fourth-order valence-corrected chi connectivity index (χ4v) is 6.24. The smallest absolute Gasteiger partial charge is 0.253 e. The lowest BCUT2D eigenvalue weighted by atomic mass is 10.1. The number of sulfonamides is 1. The highest BCUT2D eigenvalue weighted by molar-refractivity contribution is 7.89. The number of ether oxygens (including phenoxy) is 1. The van der Waals surface area contributed by atoms with Gasteiger partial charge < -0.3 is 9.64 Å². The molecule has 2 aliphatic rings. The van der Waals surface area contributed by atoms with E-state index in [9.17, 15) is 17.6 Å². The maximum absolute atomic E-state index is 13.3. The van der Waals surface area contributed by atoms with E-state index in [1.54, 1.807) is 35.2 Å². The van der Waals surface area contributed by atoms with Crippen molar-refractivity contribution in [2.24, 2.45) is 0 Å². The molecule has 2 saturated heterocycles. The second kappa shape index (κ2) is 10.9. The Kier molecular flexibility index (Phi) is 7.98. The molecule has 0 aromatic heterocycles. The minimum absolute atomic E-state index is 0.148. The van der Waals surface area contributed by atoms with Crippen LogP contribution < -0.4 is 0 Å². The number of benzene rings is 2. The lowest BCUT2D eigenvalue weighted by Gasteiger charge is -2.27. The third-order valence-electron chi connectivity index (χ3n) is 6.48. The van der Waals surface area contributed by atoms with E-state index < -0.39 is 10.0 Å². The molecule has 2 aromatic carbocycles. The predicted molar refractivity (Wildman–Crippen MR) is 128 cm³/mol. The molecular weight excluding hydrogens is 457 g/mol. The zero-order chi connectivity index (χ0) is 24.1. The van der Waals surface area contributed by atoms with Crippen LogP contribution in [0.4, 0.5) is 4.39 Å². The van der Waals surface area contributed by atoms with Crippen LogP contribution in [0.15, 0.2) is 47.4 Å². The van der Waals surface area contributed by atoms with Crippen molar-refractivity contribution < 1.29 is 22.3 Å². The third-order valence-corrected chi connectivity index (χ3v) is 8.46. The molecule has 0 atom stereocenters. The van der Waals surface area contributed by atoms with Gasteiger partial charge in [-0.05, 0) is 48.2 Å². The Labute approximate surface area is 201 Å². The monoisotopic (exact) mass is 489 g/mol. The highest BCUT2D eigenvalue weighted by Gasteiger charge is 2.30. The molecule has 0 saturated carbocycles. The standard InChI is InChI=1S/C25H32FN3O4S/c1-2-21-6-7-22(18-24(21)34(31,32)29-14-16-33-17-15-29)25(30)28-11-3-10-27(12-13-28)19-20-4-8-23(26)9-5-20/h4-9,18H,2-3,10-17,19H2,1H3. The van der Waals surface area contributed by atoms with Gasteiger partial charge >= 0.3 is 0 Å². The second-order valence-electron chi connectivity index (χ2n) is 8.74. The number of amides is 1. The average molecular weight is 490 g/mol. The first kappa shape index (κ1) is 24.8. The first-order valence-electron chi connectivity index (χ1n) is 11.9. The van der Waals surface area contributed by atoms with Crippen LogP contribution >= 0.6 is 0 Å². The molecule has 0 bridgehead atoms. The van der Waals surface area contributed by atoms with Crippen molar-refractivity contribution in [3.05, 3.63) is 65.0 Å². The van der Waals surface area contributed by atoms with E-state index in [0.29, 0.717) is 70.0 Å². The van der Waals surface area contributed by atoms with Crippen molar-refractivity contribution in [2.75, 3.05) is 52.5 Å². The summed E-state index contributed by atoms with van der Waals surface area (Å²) in [6.45, 7) is 6.72. The van der Waals surface area contributed by atoms with E-state index in [1.165, 1.54) is 16.4 Å². The Morgan fingerprint density at radius 1 is 0.971 bits per heavy atom. The molecule has 0 N–H and O–H groups in total. The highest BCUT2D eigenvalue weighted by Crippen LogP contribution is 2.24. The first-order valence-corrected chi connectivity index (χ1v) is 13.3. The van der Waals surface area contributed by atoms with Gasteiger partial charge in [0.25, 0.3) is 5.91 Å². The fourth-order valence-electron chi connectivity index (χ4n) is 4.51. The molecule has 2 fully saturated rings. The summed E-state index contributed by atoms with van der Waals surface area (Å²) in [4.78, 5) is 17.6. The van der Waals surface area contributed by atoms with Gasteiger partial charge in [0.1, 0.15) is 5.82 Å². The topological polar surface area (TPSA) is 70.2 Å². The number of halogens is 1. The van der Waals surface area contributed by atoms with Crippen molar-refractivity contribution in [1.29, 1.82) is 0 Å². The second-order valence-corrected chi connectivity index (χ2v) is 10.6. The Bertz CT molecular complexity index is 1100. The number of aryl methyl sites for hydroxylation is 1. The van der Waals surface area contributed by atoms with E-state index in [4.69, 9.17) is 4.74 Å². The molecule has 1 amide bonds. The van der Waals surface area contributed by atoms with Crippen LogP contribution in [-0.4, -0.2) is 80.9 Å². The van der Waals surface area contributed by atoms with Gasteiger partial charge in [0, 0.05) is 51.4 Å². The summed E-state index contributed by atoms with van der Waals surface area (Å²) in [6, 6.07) is 11.5. The van der Waals surface area contributed by atoms with Gasteiger partial charge in [0.05, 0.1) is 18.1 Å². The Morgan fingerprint density at radius 2 is 1.71 bits per heavy atom. The average Bonchev–Trinajstić information content (AvgIpc) is 3.10. The minimum Gasteiger partial charge on any atom is -0.379 e. The quantitative estimate of drug-likeness (QED) is 0.624. The van der Waals surface area contributed by atoms with Crippen LogP contribution in [0.3, 0.4) is 0 Å². The highest BCUT2D eigenvalue weighted by atomic mass is 32.2. The summed E-state index contributed by atoms with van der Waals surface area (Å²) >= 11 is 0. The van der Waals surface area contributed by atoms with E-state index >= 15 is 0 Å². The van der Waals surface area contributed by atoms with Crippen LogP contribution in [0.2, 0.25) is 0 Å². The predicted octanol–water partition coefficient (Wildman–Crippen LogP) is 2.76. The molecule has 2 aromatic rings. The number of hydrogen-bond acceptors (Lipinski definition) is 5. The molecule has 2 heterocycles. The van der Waals surface area contributed by atoms with Crippen LogP contribution in [0.25, 0.3) is 0 Å². The minimum atomic E-state index is -3.70. The zero-order valence-corrected chi connectivity index (χ0v) is 20.4. The van der Waals surface area contributed by atoms with Gasteiger partial charge in [-0.3, -0.25) is 9.69 Å². The lowest BCUT2D eigenvalue weighted by molar-refractivity contribution is 0.0729. The first-order chi connectivity index (χ1) is 16.4. The van der Waals surface area contributed by atoms with Crippen molar-refractivity contribution in [3.8, 4) is 0 Å². The molecule has 2 aliphatic heterocycles. The number of nitrogens with zero attached hydrogens (tertiary/aromatic N) is 3. The van der Waals surface area contributed by atoms with Gasteiger partial charge in [-0.15, -0.1) is 0 Å². The maximum atomic E-state index is 13.3. The van der Waals surface area contributed by atoms with Gasteiger partial charge in [-0.25, -0.2) is 12.8 Å². The summed E-state index contributed by atoms with van der Waals surface area (Å²) in [6.07, 6.45) is 1.38. The Balaban J connectivity index is 1.48. The molecule has 34 heavy (non-hydrogen) atoms. The van der Waals surface area contributed by atoms with E-state index in [0.717, 1.165) is 18.5 Å². The molecule has 9 heteroatoms. The van der Waals surface area contributed by atoms with Crippen molar-refractivity contribution in [1.82, 2.24) is 14.1 Å². The Hall–Kier alpha value is -2.33. The van der Waals surface area contributed by atoms with Crippen molar-refractivity contribution >= 4 is 15.9 Å². The van der Waals surface area contributed by atoms with Crippen molar-refractivity contribution in [2.45, 2.75) is 31.2 Å². The summed E-state index contributed by atoms with van der Waals surface area (Å²) in [5.74, 6) is -0.398. The van der Waals surface area contributed by atoms with Gasteiger partial charge in [0.15, 0.2) is 0 Å². The van der Waals surface area contributed by atoms with Crippen molar-refractivity contribution in [3.63, 3.8) is 0 Å². The molecule has 184 valence electrons. The molecule has 0 aliphatic carbocycles. The summed E-state index contributed by atoms with van der Waals surface area (Å²) in [5.41, 5.74) is 2.15. The number of carbonyl (C=O) groups excluding carboxylic acids is 1. The largest absolute Gasteiger partial charge is 0.379 e. The van der Waals surface area contributed by atoms with Gasteiger partial charge in [-0.1, -0.05) is 25.1 Å². The SMILES string of the molecule is CCc1ccc(C(=O)N2CCCN(Cc3ccc(F)cc3)CC2)cc1S(=O)(=O)N1CCOCC1. The molecule has 4 rings (SSSR count). The maximum Gasteiger partial charge on any atom is 0.253 e. The fraction of sp³-hybridized carbons (Fsp3) is 0.480. The molecule has 7 nitrogen and oxygen atoms in total. The summed E-state index contributed by atoms with van der Waals surface area (Å²) in [7, 11) is -3.70. The number of rotatable bonds is 6. The van der Waals surface area contributed by atoms with Crippen LogP contribution in [0.1, 0.15) is 34.8 Å². The van der Waals surface area contributed by atoms with Gasteiger partial charge in [0.2, 0.25) is 10.0 Å². The third kappa shape index (κ3) is 5.66. The van der Waals surface area contributed by atoms with E-state index in [2.05, 4.69) is 4.90 Å². The summed E-state index contributed by atoms with van der Waals surface area (Å²) < 4.78 is 46.6. The lowest BCUT2D eigenvalue weighted by Crippen LogP contribution is -2.41. The van der Waals surface area contributed by atoms with Crippen LogP contribution in [0, 0.1) is 5.82 Å². The molecule has 0 spiro atoms. The molecule has 0 radical (unpaired) electrons. The molecule has 0 unspecified atom stereocenters.